The normalized spacial score (nSPS) is 24.6. The van der Waals surface area contributed by atoms with Crippen LogP contribution in [0.25, 0.3) is 0 Å². The summed E-state index contributed by atoms with van der Waals surface area (Å²) in [5, 5.41) is 14.2. The maximum atomic E-state index is 11.5. The van der Waals surface area contributed by atoms with Gasteiger partial charge in [-0.2, -0.15) is 0 Å². The highest BCUT2D eigenvalue weighted by Gasteiger charge is 2.26. The summed E-state index contributed by atoms with van der Waals surface area (Å²) in [6.07, 6.45) is 3.56. The van der Waals surface area contributed by atoms with Crippen LogP contribution >= 0.6 is 0 Å². The Labute approximate surface area is 102 Å². The molecule has 5 nitrogen and oxygen atoms in total. The van der Waals surface area contributed by atoms with Gasteiger partial charge in [-0.1, -0.05) is 6.92 Å². The largest absolute Gasteiger partial charge is 0.481 e. The first-order valence-electron chi connectivity index (χ1n) is 6.26. The molecule has 1 fully saturated rings. The number of aliphatic carboxylic acids is 1. The van der Waals surface area contributed by atoms with Crippen molar-refractivity contribution < 1.29 is 14.7 Å². The van der Waals surface area contributed by atoms with Crippen LogP contribution in [0.3, 0.4) is 0 Å². The number of rotatable bonds is 6. The molecule has 1 rings (SSSR count). The predicted octanol–water partition coefficient (Wildman–Crippen LogP) is 1.73. The van der Waals surface area contributed by atoms with Gasteiger partial charge in [0.05, 0.1) is 0 Å². The van der Waals surface area contributed by atoms with Crippen LogP contribution in [0, 0.1) is 5.92 Å². The van der Waals surface area contributed by atoms with E-state index in [1.807, 2.05) is 6.92 Å². The second-order valence-corrected chi connectivity index (χ2v) is 5.08. The molecule has 5 heteroatoms. The highest BCUT2D eigenvalue weighted by molar-refractivity contribution is 5.74. The summed E-state index contributed by atoms with van der Waals surface area (Å²) in [5.74, 6) is -0.0709. The molecule has 1 saturated carbocycles. The van der Waals surface area contributed by atoms with Crippen LogP contribution in [0.2, 0.25) is 0 Å². The fourth-order valence-electron chi connectivity index (χ4n) is 2.10. The van der Waals surface area contributed by atoms with Crippen LogP contribution in [-0.4, -0.2) is 29.2 Å². The van der Waals surface area contributed by atoms with Gasteiger partial charge in [0, 0.05) is 18.5 Å². The van der Waals surface area contributed by atoms with E-state index >= 15 is 0 Å². The molecule has 1 aliphatic rings. The molecule has 0 aliphatic heterocycles. The molecule has 0 spiro atoms. The van der Waals surface area contributed by atoms with Gasteiger partial charge < -0.3 is 15.7 Å². The number of carbonyl (C=O) groups excluding carboxylic acids is 1. The van der Waals surface area contributed by atoms with Gasteiger partial charge in [-0.25, -0.2) is 4.79 Å². The third-order valence-corrected chi connectivity index (χ3v) is 3.11. The number of urea groups is 1. The summed E-state index contributed by atoms with van der Waals surface area (Å²) in [5.41, 5.74) is 0. The fourth-order valence-corrected chi connectivity index (χ4v) is 2.10. The van der Waals surface area contributed by atoms with Crippen LogP contribution in [0.1, 0.15) is 46.0 Å². The number of carboxylic acids is 1. The van der Waals surface area contributed by atoms with Crippen molar-refractivity contribution in [1.29, 1.82) is 0 Å². The van der Waals surface area contributed by atoms with E-state index in [4.69, 9.17) is 5.11 Å². The predicted molar refractivity (Wildman–Crippen MR) is 64.8 cm³/mol. The van der Waals surface area contributed by atoms with Crippen LogP contribution in [0.4, 0.5) is 4.79 Å². The van der Waals surface area contributed by atoms with Crippen molar-refractivity contribution in [1.82, 2.24) is 10.6 Å². The van der Waals surface area contributed by atoms with Crippen molar-refractivity contribution in [3.63, 3.8) is 0 Å². The van der Waals surface area contributed by atoms with E-state index in [1.165, 1.54) is 0 Å². The monoisotopic (exact) mass is 242 g/mol. The van der Waals surface area contributed by atoms with Gasteiger partial charge in [0.2, 0.25) is 0 Å². The molecule has 0 aromatic heterocycles. The van der Waals surface area contributed by atoms with Crippen LogP contribution in [-0.2, 0) is 4.79 Å². The lowest BCUT2D eigenvalue weighted by Gasteiger charge is -2.33. The summed E-state index contributed by atoms with van der Waals surface area (Å²) in [7, 11) is 0. The Morgan fingerprint density at radius 2 is 2.06 bits per heavy atom. The molecular formula is C12H22N2O3. The van der Waals surface area contributed by atoms with Gasteiger partial charge >= 0.3 is 12.0 Å². The number of hydrogen-bond donors (Lipinski definition) is 3. The van der Waals surface area contributed by atoms with Crippen molar-refractivity contribution >= 4 is 12.0 Å². The molecular weight excluding hydrogens is 220 g/mol. The lowest BCUT2D eigenvalue weighted by atomic mass is 9.82. The Balaban J connectivity index is 2.06. The number of nitrogens with one attached hydrogen (secondary N) is 2. The standard InChI is InChI=1S/C12H22N2O3/c1-8-6-10(7-8)14-12(17)13-9(2)4-3-5-11(15)16/h8-10H,3-7H2,1-2H3,(H,15,16)(H2,13,14,17). The molecule has 1 unspecified atom stereocenters. The Morgan fingerprint density at radius 1 is 1.41 bits per heavy atom. The minimum Gasteiger partial charge on any atom is -0.481 e. The second kappa shape index (κ2) is 6.47. The number of carbonyl (C=O) groups is 2. The van der Waals surface area contributed by atoms with Crippen molar-refractivity contribution in [2.45, 2.75) is 58.0 Å². The summed E-state index contributed by atoms with van der Waals surface area (Å²) < 4.78 is 0. The summed E-state index contributed by atoms with van der Waals surface area (Å²) >= 11 is 0. The molecule has 0 heterocycles. The Bertz CT molecular complexity index is 275. The van der Waals surface area contributed by atoms with Crippen LogP contribution in [0.5, 0.6) is 0 Å². The van der Waals surface area contributed by atoms with E-state index in [0.717, 1.165) is 12.8 Å². The fraction of sp³-hybridized carbons (Fsp3) is 0.833. The maximum Gasteiger partial charge on any atom is 0.315 e. The molecule has 0 aromatic carbocycles. The zero-order chi connectivity index (χ0) is 12.8. The smallest absolute Gasteiger partial charge is 0.315 e. The first-order chi connectivity index (χ1) is 7.97. The zero-order valence-electron chi connectivity index (χ0n) is 10.5. The molecule has 98 valence electrons. The average molecular weight is 242 g/mol. The molecule has 0 radical (unpaired) electrons. The van der Waals surface area contributed by atoms with E-state index in [0.29, 0.717) is 24.8 Å². The van der Waals surface area contributed by atoms with Gasteiger partial charge in [0.25, 0.3) is 0 Å². The topological polar surface area (TPSA) is 78.4 Å². The van der Waals surface area contributed by atoms with Gasteiger partial charge in [-0.3, -0.25) is 4.79 Å². The van der Waals surface area contributed by atoms with Gasteiger partial charge in [-0.15, -0.1) is 0 Å². The molecule has 0 bridgehead atoms. The van der Waals surface area contributed by atoms with E-state index in [2.05, 4.69) is 17.6 Å². The number of carboxylic acid groups (broad SMARTS) is 1. The van der Waals surface area contributed by atoms with Crippen LogP contribution < -0.4 is 10.6 Å². The maximum absolute atomic E-state index is 11.5. The minimum absolute atomic E-state index is 0.0202. The Kier molecular flexibility index (Phi) is 5.25. The molecule has 0 saturated heterocycles. The van der Waals surface area contributed by atoms with Crippen molar-refractivity contribution in [2.75, 3.05) is 0 Å². The average Bonchev–Trinajstić information content (AvgIpc) is 2.14. The number of hydrogen-bond acceptors (Lipinski definition) is 2. The molecule has 1 aliphatic carbocycles. The highest BCUT2D eigenvalue weighted by Crippen LogP contribution is 2.25. The Hall–Kier alpha value is -1.26. The summed E-state index contributed by atoms with van der Waals surface area (Å²) in [6, 6.07) is 0.202. The quantitative estimate of drug-likeness (QED) is 0.663. The van der Waals surface area contributed by atoms with Crippen molar-refractivity contribution in [2.24, 2.45) is 5.92 Å². The van der Waals surface area contributed by atoms with Crippen molar-refractivity contribution in [3.8, 4) is 0 Å². The molecule has 1 atom stereocenters. The SMILES string of the molecule is CC1CC(NC(=O)NC(C)CCCC(=O)O)C1. The third-order valence-electron chi connectivity index (χ3n) is 3.11. The molecule has 0 aromatic rings. The van der Waals surface area contributed by atoms with E-state index in [-0.39, 0.29) is 18.5 Å². The van der Waals surface area contributed by atoms with Gasteiger partial charge in [0.1, 0.15) is 0 Å². The van der Waals surface area contributed by atoms with E-state index in [9.17, 15) is 9.59 Å². The Morgan fingerprint density at radius 3 is 2.59 bits per heavy atom. The molecule has 2 amide bonds. The zero-order valence-corrected chi connectivity index (χ0v) is 10.5. The van der Waals surface area contributed by atoms with Crippen LogP contribution in [0.15, 0.2) is 0 Å². The minimum atomic E-state index is -0.787. The van der Waals surface area contributed by atoms with Crippen molar-refractivity contribution in [3.05, 3.63) is 0 Å². The first-order valence-corrected chi connectivity index (χ1v) is 6.26. The molecule has 3 N–H and O–H groups in total. The highest BCUT2D eigenvalue weighted by atomic mass is 16.4. The van der Waals surface area contributed by atoms with E-state index < -0.39 is 5.97 Å². The number of amides is 2. The second-order valence-electron chi connectivity index (χ2n) is 5.08. The van der Waals surface area contributed by atoms with E-state index in [1.54, 1.807) is 0 Å². The first kappa shape index (κ1) is 13.8. The summed E-state index contributed by atoms with van der Waals surface area (Å²) in [6.45, 7) is 4.06. The lowest BCUT2D eigenvalue weighted by molar-refractivity contribution is -0.137. The van der Waals surface area contributed by atoms with Gasteiger partial charge in [0.15, 0.2) is 0 Å². The third kappa shape index (κ3) is 5.56. The lowest BCUT2D eigenvalue weighted by Crippen LogP contribution is -2.49. The van der Waals surface area contributed by atoms with Gasteiger partial charge in [-0.05, 0) is 38.5 Å². The molecule has 17 heavy (non-hydrogen) atoms. The summed E-state index contributed by atoms with van der Waals surface area (Å²) in [4.78, 5) is 21.8.